The Bertz CT molecular complexity index is 190. The SMILES string of the molecule is O=C1CNCCN1CC1CCOC1. The molecule has 2 rings (SSSR count). The summed E-state index contributed by atoms with van der Waals surface area (Å²) in [7, 11) is 0. The highest BCUT2D eigenvalue weighted by Gasteiger charge is 2.23. The number of piperazine rings is 1. The van der Waals surface area contributed by atoms with Gasteiger partial charge in [-0.1, -0.05) is 0 Å². The van der Waals surface area contributed by atoms with Gasteiger partial charge in [0.1, 0.15) is 0 Å². The summed E-state index contributed by atoms with van der Waals surface area (Å²) in [6.07, 6.45) is 1.11. The lowest BCUT2D eigenvalue weighted by Gasteiger charge is -2.29. The lowest BCUT2D eigenvalue weighted by molar-refractivity contribution is -0.132. The monoisotopic (exact) mass is 184 g/mol. The van der Waals surface area contributed by atoms with Crippen molar-refractivity contribution in [1.29, 1.82) is 0 Å². The second-order valence-electron chi connectivity index (χ2n) is 3.75. The van der Waals surface area contributed by atoms with E-state index < -0.39 is 0 Å². The van der Waals surface area contributed by atoms with Crippen molar-refractivity contribution in [3.63, 3.8) is 0 Å². The molecule has 0 radical (unpaired) electrons. The fourth-order valence-corrected chi connectivity index (χ4v) is 1.88. The number of rotatable bonds is 2. The van der Waals surface area contributed by atoms with Gasteiger partial charge in [0.25, 0.3) is 0 Å². The Morgan fingerprint density at radius 1 is 1.62 bits per heavy atom. The average molecular weight is 184 g/mol. The number of nitrogens with one attached hydrogen (secondary N) is 1. The molecular weight excluding hydrogens is 168 g/mol. The van der Waals surface area contributed by atoms with Crippen LogP contribution < -0.4 is 5.32 Å². The maximum atomic E-state index is 11.4. The lowest BCUT2D eigenvalue weighted by atomic mass is 10.1. The van der Waals surface area contributed by atoms with E-state index in [0.29, 0.717) is 12.5 Å². The van der Waals surface area contributed by atoms with Gasteiger partial charge in [0.05, 0.1) is 13.2 Å². The zero-order chi connectivity index (χ0) is 9.10. The molecule has 0 aromatic heterocycles. The number of amides is 1. The first kappa shape index (κ1) is 8.97. The molecule has 74 valence electrons. The maximum absolute atomic E-state index is 11.4. The van der Waals surface area contributed by atoms with Crippen molar-refractivity contribution in [3.05, 3.63) is 0 Å². The van der Waals surface area contributed by atoms with Gasteiger partial charge in [0.2, 0.25) is 5.91 Å². The maximum Gasteiger partial charge on any atom is 0.236 e. The van der Waals surface area contributed by atoms with E-state index in [-0.39, 0.29) is 5.91 Å². The molecule has 0 aromatic rings. The van der Waals surface area contributed by atoms with Crippen molar-refractivity contribution in [2.24, 2.45) is 5.92 Å². The van der Waals surface area contributed by atoms with Crippen LogP contribution in [-0.4, -0.2) is 50.2 Å². The van der Waals surface area contributed by atoms with E-state index >= 15 is 0 Å². The molecule has 1 N–H and O–H groups in total. The third-order valence-electron chi connectivity index (χ3n) is 2.69. The van der Waals surface area contributed by atoms with Crippen LogP contribution in [0.1, 0.15) is 6.42 Å². The second kappa shape index (κ2) is 4.07. The molecule has 13 heavy (non-hydrogen) atoms. The molecule has 1 atom stereocenters. The van der Waals surface area contributed by atoms with Gasteiger partial charge in [-0.05, 0) is 6.42 Å². The van der Waals surface area contributed by atoms with E-state index in [9.17, 15) is 4.79 Å². The van der Waals surface area contributed by atoms with Crippen molar-refractivity contribution < 1.29 is 9.53 Å². The van der Waals surface area contributed by atoms with Crippen molar-refractivity contribution in [2.75, 3.05) is 39.4 Å². The van der Waals surface area contributed by atoms with E-state index in [4.69, 9.17) is 4.74 Å². The summed E-state index contributed by atoms with van der Waals surface area (Å²) in [6.45, 7) is 4.88. The quantitative estimate of drug-likeness (QED) is 0.626. The van der Waals surface area contributed by atoms with Crippen LogP contribution in [0.2, 0.25) is 0 Å². The number of ether oxygens (including phenoxy) is 1. The van der Waals surface area contributed by atoms with Crippen LogP contribution in [0.15, 0.2) is 0 Å². The fourth-order valence-electron chi connectivity index (χ4n) is 1.88. The molecule has 1 amide bonds. The molecular formula is C9H16N2O2. The van der Waals surface area contributed by atoms with Gasteiger partial charge in [0, 0.05) is 32.2 Å². The first-order valence-corrected chi connectivity index (χ1v) is 4.92. The third-order valence-corrected chi connectivity index (χ3v) is 2.69. The minimum atomic E-state index is 0.234. The van der Waals surface area contributed by atoms with Crippen molar-refractivity contribution in [2.45, 2.75) is 6.42 Å². The van der Waals surface area contributed by atoms with Gasteiger partial charge in [0.15, 0.2) is 0 Å². The molecule has 0 aliphatic carbocycles. The Kier molecular flexibility index (Phi) is 2.80. The fraction of sp³-hybridized carbons (Fsp3) is 0.889. The van der Waals surface area contributed by atoms with Crippen molar-refractivity contribution in [1.82, 2.24) is 10.2 Å². The largest absolute Gasteiger partial charge is 0.381 e. The first-order valence-electron chi connectivity index (χ1n) is 4.92. The average Bonchev–Trinajstić information content (AvgIpc) is 2.61. The Morgan fingerprint density at radius 3 is 3.23 bits per heavy atom. The van der Waals surface area contributed by atoms with Crippen molar-refractivity contribution in [3.8, 4) is 0 Å². The zero-order valence-electron chi connectivity index (χ0n) is 7.79. The van der Waals surface area contributed by atoms with Crippen LogP contribution in [-0.2, 0) is 9.53 Å². The number of hydrogen-bond donors (Lipinski definition) is 1. The van der Waals surface area contributed by atoms with E-state index in [2.05, 4.69) is 5.32 Å². The Balaban J connectivity index is 1.81. The van der Waals surface area contributed by atoms with Gasteiger partial charge in [-0.15, -0.1) is 0 Å². The molecule has 1 unspecified atom stereocenters. The van der Waals surface area contributed by atoms with Crippen molar-refractivity contribution >= 4 is 5.91 Å². The van der Waals surface area contributed by atoms with Crippen LogP contribution in [0.3, 0.4) is 0 Å². The highest BCUT2D eigenvalue weighted by atomic mass is 16.5. The number of nitrogens with zero attached hydrogens (tertiary/aromatic N) is 1. The predicted molar refractivity (Wildman–Crippen MR) is 48.4 cm³/mol. The standard InChI is InChI=1S/C9H16N2O2/c12-9-5-10-2-3-11(9)6-8-1-4-13-7-8/h8,10H,1-7H2. The minimum absolute atomic E-state index is 0.234. The molecule has 2 saturated heterocycles. The summed E-state index contributed by atoms with van der Waals surface area (Å²) in [5, 5.41) is 3.07. The van der Waals surface area contributed by atoms with E-state index in [1.54, 1.807) is 0 Å². The minimum Gasteiger partial charge on any atom is -0.381 e. The molecule has 0 saturated carbocycles. The first-order chi connectivity index (χ1) is 6.36. The summed E-state index contributed by atoms with van der Waals surface area (Å²) in [5.41, 5.74) is 0. The highest BCUT2D eigenvalue weighted by molar-refractivity contribution is 5.78. The summed E-state index contributed by atoms with van der Waals surface area (Å²) in [5.74, 6) is 0.806. The third kappa shape index (κ3) is 2.19. The summed E-state index contributed by atoms with van der Waals surface area (Å²) < 4.78 is 5.28. The molecule has 2 fully saturated rings. The molecule has 0 spiro atoms. The lowest BCUT2D eigenvalue weighted by Crippen LogP contribution is -2.49. The van der Waals surface area contributed by atoms with E-state index in [1.807, 2.05) is 4.90 Å². The van der Waals surface area contributed by atoms with Crippen LogP contribution in [0, 0.1) is 5.92 Å². The van der Waals surface area contributed by atoms with Gasteiger partial charge >= 0.3 is 0 Å². The Labute approximate surface area is 78.2 Å². The Morgan fingerprint density at radius 2 is 2.54 bits per heavy atom. The van der Waals surface area contributed by atoms with Gasteiger partial charge in [-0.25, -0.2) is 0 Å². The van der Waals surface area contributed by atoms with Crippen LogP contribution in [0.4, 0.5) is 0 Å². The zero-order valence-corrected chi connectivity index (χ0v) is 7.79. The number of hydrogen-bond acceptors (Lipinski definition) is 3. The summed E-state index contributed by atoms with van der Waals surface area (Å²) in [6, 6.07) is 0. The van der Waals surface area contributed by atoms with Crippen LogP contribution in [0.5, 0.6) is 0 Å². The van der Waals surface area contributed by atoms with Gasteiger partial charge < -0.3 is 15.0 Å². The molecule has 2 heterocycles. The van der Waals surface area contributed by atoms with Crippen LogP contribution >= 0.6 is 0 Å². The van der Waals surface area contributed by atoms with Gasteiger partial charge in [-0.2, -0.15) is 0 Å². The predicted octanol–water partition coefficient (Wildman–Crippen LogP) is -0.545. The summed E-state index contributed by atoms with van der Waals surface area (Å²) in [4.78, 5) is 13.4. The number of carbonyl (C=O) groups is 1. The molecule has 2 aliphatic heterocycles. The molecule has 0 bridgehead atoms. The molecule has 0 aromatic carbocycles. The number of carbonyl (C=O) groups excluding carboxylic acids is 1. The smallest absolute Gasteiger partial charge is 0.236 e. The normalized spacial score (nSPS) is 29.7. The summed E-state index contributed by atoms with van der Waals surface area (Å²) >= 11 is 0. The molecule has 2 aliphatic rings. The van der Waals surface area contributed by atoms with Gasteiger partial charge in [-0.3, -0.25) is 4.79 Å². The highest BCUT2D eigenvalue weighted by Crippen LogP contribution is 2.14. The molecule has 4 heteroatoms. The molecule has 4 nitrogen and oxygen atoms in total. The van der Waals surface area contributed by atoms with E-state index in [0.717, 1.165) is 39.3 Å². The van der Waals surface area contributed by atoms with E-state index in [1.165, 1.54) is 0 Å². The second-order valence-corrected chi connectivity index (χ2v) is 3.75. The van der Waals surface area contributed by atoms with Crippen LogP contribution in [0.25, 0.3) is 0 Å². The Hall–Kier alpha value is -0.610. The topological polar surface area (TPSA) is 41.6 Å².